The van der Waals surface area contributed by atoms with E-state index in [2.05, 4.69) is 20.3 Å². The van der Waals surface area contributed by atoms with E-state index >= 15 is 0 Å². The van der Waals surface area contributed by atoms with Gasteiger partial charge in [0.25, 0.3) is 11.5 Å². The second-order valence-electron chi connectivity index (χ2n) is 7.39. The summed E-state index contributed by atoms with van der Waals surface area (Å²) >= 11 is 0. The highest BCUT2D eigenvalue weighted by molar-refractivity contribution is 6.04. The number of hydrogen-bond donors (Lipinski definition) is 2. The molecular weight excluding hydrogens is 420 g/mol. The van der Waals surface area contributed by atoms with Crippen LogP contribution in [-0.4, -0.2) is 37.6 Å². The van der Waals surface area contributed by atoms with E-state index in [1.807, 2.05) is 60.7 Å². The van der Waals surface area contributed by atoms with E-state index in [4.69, 9.17) is 0 Å². The normalized spacial score (nSPS) is 10.8. The molecule has 1 amide bonds. The average molecular weight is 442 g/mol. The number of carbonyl (C=O) groups is 1. The summed E-state index contributed by atoms with van der Waals surface area (Å²) in [6.07, 6.45) is 4.12. The Hall–Kier alpha value is -4.53. The first-order valence-electron chi connectivity index (χ1n) is 10.2. The Morgan fingerprint density at radius 1 is 1.00 bits per heavy atom. The Morgan fingerprint density at radius 2 is 1.55 bits per heavy atom. The van der Waals surface area contributed by atoms with Gasteiger partial charge in [-0.05, 0) is 11.1 Å². The van der Waals surface area contributed by atoms with Crippen LogP contribution in [0.25, 0.3) is 0 Å². The molecule has 0 atom stereocenters. The zero-order chi connectivity index (χ0) is 23.4. The van der Waals surface area contributed by atoms with Crippen LogP contribution >= 0.6 is 0 Å². The average Bonchev–Trinajstić information content (AvgIpc) is 2.85. The molecule has 0 aliphatic carbocycles. The molecule has 9 nitrogen and oxygen atoms in total. The number of carbonyl (C=O) groups excluding carboxylic acids is 1. The van der Waals surface area contributed by atoms with Gasteiger partial charge in [0.1, 0.15) is 6.33 Å². The third-order valence-corrected chi connectivity index (χ3v) is 5.21. The van der Waals surface area contributed by atoms with E-state index in [0.717, 1.165) is 11.1 Å². The van der Waals surface area contributed by atoms with Gasteiger partial charge in [0.2, 0.25) is 11.7 Å². The number of amides is 1. The minimum Gasteiger partial charge on any atom is -0.501 e. The van der Waals surface area contributed by atoms with Crippen LogP contribution in [0, 0.1) is 0 Å². The van der Waals surface area contributed by atoms with Gasteiger partial charge in [-0.15, -0.1) is 0 Å². The molecular formula is C24H22N6O3. The van der Waals surface area contributed by atoms with E-state index in [-0.39, 0.29) is 17.7 Å². The zero-order valence-corrected chi connectivity index (χ0v) is 18.1. The van der Waals surface area contributed by atoms with Gasteiger partial charge in [-0.25, -0.2) is 15.0 Å². The van der Waals surface area contributed by atoms with Crippen molar-refractivity contribution >= 4 is 17.5 Å². The molecule has 33 heavy (non-hydrogen) atoms. The maximum absolute atomic E-state index is 12.8. The Bertz CT molecular complexity index is 1270. The Morgan fingerprint density at radius 3 is 2.09 bits per heavy atom. The fraction of sp³-hybridized carbons (Fsp3) is 0.125. The number of anilines is 2. The molecule has 4 rings (SSSR count). The van der Waals surface area contributed by atoms with E-state index in [0.29, 0.717) is 5.69 Å². The third-order valence-electron chi connectivity index (χ3n) is 5.21. The van der Waals surface area contributed by atoms with Crippen LogP contribution in [0.2, 0.25) is 0 Å². The lowest BCUT2D eigenvalue weighted by atomic mass is 9.97. The Labute approximate surface area is 190 Å². The van der Waals surface area contributed by atoms with Crippen molar-refractivity contribution in [1.29, 1.82) is 0 Å². The molecule has 166 valence electrons. The fourth-order valence-corrected chi connectivity index (χ4v) is 3.63. The molecule has 0 bridgehead atoms. The third kappa shape index (κ3) is 4.42. The second kappa shape index (κ2) is 9.31. The summed E-state index contributed by atoms with van der Waals surface area (Å²) in [5.41, 5.74) is 1.14. The lowest BCUT2D eigenvalue weighted by Gasteiger charge is -2.31. The van der Waals surface area contributed by atoms with Gasteiger partial charge in [-0.2, -0.15) is 0 Å². The smallest absolute Gasteiger partial charge is 0.297 e. The van der Waals surface area contributed by atoms with Gasteiger partial charge in [0.05, 0.1) is 24.1 Å². The molecule has 0 fully saturated rings. The number of nitrogens with zero attached hydrogens (tertiary/aromatic N) is 5. The molecule has 0 unspecified atom stereocenters. The van der Waals surface area contributed by atoms with Crippen LogP contribution in [0.1, 0.15) is 27.7 Å². The lowest BCUT2D eigenvalue weighted by Crippen LogP contribution is -2.34. The first kappa shape index (κ1) is 21.7. The number of rotatable bonds is 6. The van der Waals surface area contributed by atoms with Gasteiger partial charge in [-0.3, -0.25) is 14.2 Å². The molecule has 0 saturated heterocycles. The van der Waals surface area contributed by atoms with E-state index < -0.39 is 17.2 Å². The first-order valence-corrected chi connectivity index (χ1v) is 10.2. The largest absolute Gasteiger partial charge is 0.501 e. The molecule has 0 aliphatic heterocycles. The lowest BCUT2D eigenvalue weighted by molar-refractivity contribution is 0.101. The van der Waals surface area contributed by atoms with Crippen LogP contribution in [0.5, 0.6) is 5.75 Å². The molecule has 2 N–H and O–H groups in total. The van der Waals surface area contributed by atoms with E-state index in [1.165, 1.54) is 30.3 Å². The van der Waals surface area contributed by atoms with Crippen LogP contribution in [0.4, 0.5) is 11.6 Å². The Balaban J connectivity index is 1.80. The first-order chi connectivity index (χ1) is 16.0. The summed E-state index contributed by atoms with van der Waals surface area (Å²) in [5, 5.41) is 13.0. The summed E-state index contributed by atoms with van der Waals surface area (Å²) < 4.78 is 1.22. The minimum atomic E-state index is -0.745. The number of nitrogens with one attached hydrogen (secondary N) is 1. The van der Waals surface area contributed by atoms with Crippen molar-refractivity contribution in [2.24, 2.45) is 7.05 Å². The van der Waals surface area contributed by atoms with Gasteiger partial charge < -0.3 is 15.3 Å². The molecule has 4 aromatic rings. The fourth-order valence-electron chi connectivity index (χ4n) is 3.63. The summed E-state index contributed by atoms with van der Waals surface area (Å²) in [5.74, 6) is -1.27. The highest BCUT2D eigenvalue weighted by atomic mass is 16.3. The molecule has 0 spiro atoms. The summed E-state index contributed by atoms with van der Waals surface area (Å²) in [6, 6.07) is 19.2. The molecule has 0 radical (unpaired) electrons. The molecule has 0 saturated carbocycles. The molecule has 0 aliphatic rings. The highest BCUT2D eigenvalue weighted by Gasteiger charge is 2.26. The Kier molecular flexibility index (Phi) is 6.12. The van der Waals surface area contributed by atoms with Gasteiger partial charge >= 0.3 is 0 Å². The van der Waals surface area contributed by atoms with E-state index in [1.54, 1.807) is 11.9 Å². The van der Waals surface area contributed by atoms with Crippen molar-refractivity contribution in [1.82, 2.24) is 19.5 Å². The molecule has 2 aromatic carbocycles. The van der Waals surface area contributed by atoms with Crippen molar-refractivity contribution in [3.05, 3.63) is 107 Å². The van der Waals surface area contributed by atoms with Crippen LogP contribution in [-0.2, 0) is 7.05 Å². The van der Waals surface area contributed by atoms with Gasteiger partial charge in [0.15, 0.2) is 5.69 Å². The van der Waals surface area contributed by atoms with Crippen LogP contribution in [0.3, 0.4) is 0 Å². The second-order valence-corrected chi connectivity index (χ2v) is 7.39. The van der Waals surface area contributed by atoms with Crippen LogP contribution < -0.4 is 15.8 Å². The molecule has 9 heteroatoms. The minimum absolute atomic E-state index is 0.213. The summed E-state index contributed by atoms with van der Waals surface area (Å²) in [6.45, 7) is 0. The van der Waals surface area contributed by atoms with Crippen molar-refractivity contribution in [3.8, 4) is 5.75 Å². The quantitative estimate of drug-likeness (QED) is 0.472. The SMILES string of the molecule is CN(c1nc(C(=O)Nc2cncnc2)c(O)c(=O)n1C)C(c1ccccc1)c1ccccc1. The summed E-state index contributed by atoms with van der Waals surface area (Å²) in [4.78, 5) is 39.5. The predicted molar refractivity (Wildman–Crippen MR) is 124 cm³/mol. The maximum Gasteiger partial charge on any atom is 0.297 e. The van der Waals surface area contributed by atoms with E-state index in [9.17, 15) is 14.7 Å². The number of aromatic hydroxyl groups is 1. The summed E-state index contributed by atoms with van der Waals surface area (Å²) in [7, 11) is 3.29. The van der Waals surface area contributed by atoms with Crippen molar-refractivity contribution in [3.63, 3.8) is 0 Å². The monoisotopic (exact) mass is 442 g/mol. The van der Waals surface area contributed by atoms with Crippen LogP contribution in [0.15, 0.2) is 84.2 Å². The van der Waals surface area contributed by atoms with Gasteiger partial charge in [-0.1, -0.05) is 60.7 Å². The predicted octanol–water partition coefficient (Wildman–Crippen LogP) is 2.75. The van der Waals surface area contributed by atoms with Crippen molar-refractivity contribution in [2.45, 2.75) is 6.04 Å². The zero-order valence-electron chi connectivity index (χ0n) is 18.1. The highest BCUT2D eigenvalue weighted by Crippen LogP contribution is 2.31. The maximum atomic E-state index is 12.8. The topological polar surface area (TPSA) is 113 Å². The molecule has 2 aromatic heterocycles. The van der Waals surface area contributed by atoms with Crippen molar-refractivity contribution in [2.75, 3.05) is 17.3 Å². The van der Waals surface area contributed by atoms with Gasteiger partial charge in [0, 0.05) is 14.1 Å². The number of hydrogen-bond acceptors (Lipinski definition) is 7. The number of benzene rings is 2. The number of aromatic nitrogens is 4. The van der Waals surface area contributed by atoms with Crippen molar-refractivity contribution < 1.29 is 9.90 Å². The standard InChI is InChI=1S/C24H22N6O3/c1-29(20(16-9-5-3-6-10-16)17-11-7-4-8-12-17)24-28-19(21(31)23(33)30(24)2)22(32)27-18-13-25-15-26-14-18/h3-15,20,31H,1-2H3,(H,27,32). The molecule has 2 heterocycles.